The van der Waals surface area contributed by atoms with Crippen molar-refractivity contribution in [2.45, 2.75) is 18.9 Å². The van der Waals surface area contributed by atoms with Gasteiger partial charge in [-0.1, -0.05) is 0 Å². The zero-order chi connectivity index (χ0) is 12.5. The van der Waals surface area contributed by atoms with E-state index in [2.05, 4.69) is 10.6 Å². The molecule has 0 spiro atoms. The Balaban J connectivity index is 2.08. The van der Waals surface area contributed by atoms with Crippen LogP contribution in [0, 0.1) is 0 Å². The summed E-state index contributed by atoms with van der Waals surface area (Å²) in [5.74, 6) is -1.35. The van der Waals surface area contributed by atoms with Crippen molar-refractivity contribution >= 4 is 11.9 Å². The molecule has 3 N–H and O–H groups in total. The van der Waals surface area contributed by atoms with Crippen molar-refractivity contribution in [1.29, 1.82) is 0 Å². The Morgan fingerprint density at radius 3 is 2.59 bits per heavy atom. The fraction of sp³-hybridized carbons (Fsp3) is 0.636. The van der Waals surface area contributed by atoms with Gasteiger partial charge in [0.05, 0.1) is 6.61 Å². The van der Waals surface area contributed by atoms with E-state index in [1.807, 2.05) is 0 Å². The standard InChI is InChI=1S/C11H16N2O4/c1-7(8-4-12-5-8)9(14)13-11(10(15)16)2-3-17-6-11/h12H,2-6H2,1H3,(H,13,14)(H,15,16). The Morgan fingerprint density at radius 2 is 2.18 bits per heavy atom. The Morgan fingerprint density at radius 1 is 1.47 bits per heavy atom. The molecule has 2 aliphatic rings. The molecular formula is C11H16N2O4. The summed E-state index contributed by atoms with van der Waals surface area (Å²) in [6.07, 6.45) is 0.314. The normalized spacial score (nSPS) is 27.5. The highest BCUT2D eigenvalue weighted by Crippen LogP contribution is 2.20. The zero-order valence-electron chi connectivity index (χ0n) is 9.71. The van der Waals surface area contributed by atoms with Crippen molar-refractivity contribution < 1.29 is 19.4 Å². The van der Waals surface area contributed by atoms with Crippen LogP contribution >= 0.6 is 0 Å². The SMILES string of the molecule is CC(C(=O)NC1(C(=O)O)CCOC1)=C1CNC1. The first-order valence-corrected chi connectivity index (χ1v) is 5.58. The highest BCUT2D eigenvalue weighted by Gasteiger charge is 2.44. The van der Waals surface area contributed by atoms with Crippen LogP contribution in [0.4, 0.5) is 0 Å². The Kier molecular flexibility index (Phi) is 3.17. The summed E-state index contributed by atoms with van der Waals surface area (Å²) in [4.78, 5) is 23.1. The average Bonchev–Trinajstić information content (AvgIpc) is 2.64. The van der Waals surface area contributed by atoms with E-state index in [4.69, 9.17) is 4.74 Å². The molecule has 0 aromatic heterocycles. The van der Waals surface area contributed by atoms with Gasteiger partial charge in [-0.15, -0.1) is 0 Å². The highest BCUT2D eigenvalue weighted by atomic mass is 16.5. The molecule has 0 aliphatic carbocycles. The first-order valence-electron chi connectivity index (χ1n) is 5.58. The van der Waals surface area contributed by atoms with Crippen LogP contribution in [0.25, 0.3) is 0 Å². The zero-order valence-corrected chi connectivity index (χ0v) is 9.71. The van der Waals surface area contributed by atoms with Gasteiger partial charge in [0.1, 0.15) is 0 Å². The molecule has 2 aliphatic heterocycles. The molecule has 6 nitrogen and oxygen atoms in total. The van der Waals surface area contributed by atoms with Gasteiger partial charge < -0.3 is 20.5 Å². The Hall–Kier alpha value is -1.40. The first-order chi connectivity index (χ1) is 8.05. The number of carboxylic acids is 1. The molecule has 17 heavy (non-hydrogen) atoms. The average molecular weight is 240 g/mol. The summed E-state index contributed by atoms with van der Waals surface area (Å²) in [6, 6.07) is 0. The van der Waals surface area contributed by atoms with Gasteiger partial charge in [0.15, 0.2) is 5.54 Å². The maximum Gasteiger partial charge on any atom is 0.331 e. The van der Waals surface area contributed by atoms with Crippen molar-refractivity contribution in [3.05, 3.63) is 11.1 Å². The third-order valence-electron chi connectivity index (χ3n) is 3.33. The van der Waals surface area contributed by atoms with E-state index in [1.165, 1.54) is 0 Å². The predicted octanol–water partition coefficient (Wildman–Crippen LogP) is -0.734. The van der Waals surface area contributed by atoms with Gasteiger partial charge in [0.25, 0.3) is 0 Å². The number of carboxylic acid groups (broad SMARTS) is 1. The van der Waals surface area contributed by atoms with E-state index in [0.717, 1.165) is 5.57 Å². The molecule has 1 unspecified atom stereocenters. The lowest BCUT2D eigenvalue weighted by Gasteiger charge is -2.26. The topological polar surface area (TPSA) is 87.7 Å². The van der Waals surface area contributed by atoms with Crippen LogP contribution in [0.2, 0.25) is 0 Å². The van der Waals surface area contributed by atoms with Crippen molar-refractivity contribution in [2.24, 2.45) is 0 Å². The molecule has 0 saturated carbocycles. The van der Waals surface area contributed by atoms with Crippen LogP contribution < -0.4 is 10.6 Å². The second-order valence-corrected chi connectivity index (χ2v) is 4.48. The lowest BCUT2D eigenvalue weighted by atomic mass is 9.97. The number of aliphatic carboxylic acids is 1. The van der Waals surface area contributed by atoms with E-state index >= 15 is 0 Å². The minimum atomic E-state index is -1.25. The number of hydrogen-bond donors (Lipinski definition) is 3. The van der Waals surface area contributed by atoms with Crippen molar-refractivity contribution in [2.75, 3.05) is 26.3 Å². The van der Waals surface area contributed by atoms with Crippen LogP contribution in [-0.2, 0) is 14.3 Å². The summed E-state index contributed by atoms with van der Waals surface area (Å²) in [7, 11) is 0. The van der Waals surface area contributed by atoms with Crippen LogP contribution in [-0.4, -0.2) is 48.8 Å². The number of ether oxygens (including phenoxy) is 1. The quantitative estimate of drug-likeness (QED) is 0.566. The van der Waals surface area contributed by atoms with Gasteiger partial charge in [0, 0.05) is 31.7 Å². The van der Waals surface area contributed by atoms with Crippen molar-refractivity contribution in [1.82, 2.24) is 10.6 Å². The molecule has 1 amide bonds. The molecule has 0 aromatic carbocycles. The minimum Gasteiger partial charge on any atom is -0.479 e. The largest absolute Gasteiger partial charge is 0.479 e. The van der Waals surface area contributed by atoms with Crippen LogP contribution in [0.3, 0.4) is 0 Å². The number of hydrogen-bond acceptors (Lipinski definition) is 4. The maximum absolute atomic E-state index is 11.9. The molecule has 6 heteroatoms. The first kappa shape index (κ1) is 12.1. The van der Waals surface area contributed by atoms with E-state index in [-0.39, 0.29) is 12.5 Å². The smallest absolute Gasteiger partial charge is 0.331 e. The second-order valence-electron chi connectivity index (χ2n) is 4.48. The molecule has 2 fully saturated rings. The second kappa shape index (κ2) is 4.46. The summed E-state index contributed by atoms with van der Waals surface area (Å²) >= 11 is 0. The van der Waals surface area contributed by atoms with E-state index < -0.39 is 11.5 Å². The number of amides is 1. The summed E-state index contributed by atoms with van der Waals surface area (Å²) in [5, 5.41) is 14.8. The van der Waals surface area contributed by atoms with Gasteiger partial charge in [-0.05, 0) is 12.5 Å². The fourth-order valence-electron chi connectivity index (χ4n) is 1.87. The Labute approximate surface area is 99.0 Å². The lowest BCUT2D eigenvalue weighted by Crippen LogP contribution is -2.55. The molecule has 2 rings (SSSR count). The maximum atomic E-state index is 11.9. The molecule has 0 radical (unpaired) electrons. The molecule has 2 saturated heterocycles. The van der Waals surface area contributed by atoms with Gasteiger partial charge in [-0.2, -0.15) is 0 Å². The number of carbonyl (C=O) groups is 2. The molecule has 2 heterocycles. The van der Waals surface area contributed by atoms with Gasteiger partial charge in [-0.3, -0.25) is 4.79 Å². The molecular weight excluding hydrogens is 224 g/mol. The summed E-state index contributed by atoms with van der Waals surface area (Å²) in [5.41, 5.74) is 0.383. The minimum absolute atomic E-state index is 0.0366. The Bertz CT molecular complexity index is 377. The third-order valence-corrected chi connectivity index (χ3v) is 3.33. The number of rotatable bonds is 3. The molecule has 1 atom stereocenters. The van der Waals surface area contributed by atoms with Gasteiger partial charge >= 0.3 is 5.97 Å². The number of carbonyl (C=O) groups excluding carboxylic acids is 1. The monoisotopic (exact) mass is 240 g/mol. The number of nitrogens with one attached hydrogen (secondary N) is 2. The summed E-state index contributed by atoms with van der Waals surface area (Å²) < 4.78 is 5.08. The van der Waals surface area contributed by atoms with Crippen LogP contribution in [0.1, 0.15) is 13.3 Å². The van der Waals surface area contributed by atoms with E-state index in [0.29, 0.717) is 31.7 Å². The lowest BCUT2D eigenvalue weighted by molar-refractivity contribution is -0.147. The predicted molar refractivity (Wildman–Crippen MR) is 59.5 cm³/mol. The molecule has 94 valence electrons. The fourth-order valence-corrected chi connectivity index (χ4v) is 1.87. The van der Waals surface area contributed by atoms with E-state index in [9.17, 15) is 14.7 Å². The third kappa shape index (κ3) is 2.18. The van der Waals surface area contributed by atoms with Crippen molar-refractivity contribution in [3.8, 4) is 0 Å². The molecule has 0 aromatic rings. The van der Waals surface area contributed by atoms with Gasteiger partial charge in [0.2, 0.25) is 5.91 Å². The van der Waals surface area contributed by atoms with Crippen LogP contribution in [0.5, 0.6) is 0 Å². The summed E-state index contributed by atoms with van der Waals surface area (Å²) in [6.45, 7) is 3.53. The van der Waals surface area contributed by atoms with Gasteiger partial charge in [-0.25, -0.2) is 4.79 Å². The molecule has 0 bridgehead atoms. The van der Waals surface area contributed by atoms with Crippen molar-refractivity contribution in [3.63, 3.8) is 0 Å². The highest BCUT2D eigenvalue weighted by molar-refractivity contribution is 5.97. The van der Waals surface area contributed by atoms with E-state index in [1.54, 1.807) is 6.92 Å². The van der Waals surface area contributed by atoms with Crippen LogP contribution in [0.15, 0.2) is 11.1 Å².